The SMILES string of the molecule is CNC(=O)Oc1cc(CC(NC(=O)OCc2ccccc2)C(=O)OC)ccc1OCc1ccccc1. The fourth-order valence-electron chi connectivity index (χ4n) is 3.24. The predicted molar refractivity (Wildman–Crippen MR) is 132 cm³/mol. The van der Waals surface area contributed by atoms with Crippen molar-refractivity contribution in [1.82, 2.24) is 10.6 Å². The van der Waals surface area contributed by atoms with Crippen LogP contribution in [0.1, 0.15) is 16.7 Å². The number of nitrogens with one attached hydrogen (secondary N) is 2. The molecule has 9 nitrogen and oxygen atoms in total. The molecule has 0 saturated carbocycles. The van der Waals surface area contributed by atoms with E-state index in [1.165, 1.54) is 14.2 Å². The van der Waals surface area contributed by atoms with Crippen LogP contribution in [0.25, 0.3) is 0 Å². The molecule has 2 amide bonds. The molecule has 0 fully saturated rings. The number of hydrogen-bond acceptors (Lipinski definition) is 7. The summed E-state index contributed by atoms with van der Waals surface area (Å²) >= 11 is 0. The molecular weight excluding hydrogens is 464 g/mol. The van der Waals surface area contributed by atoms with Crippen molar-refractivity contribution in [2.24, 2.45) is 0 Å². The van der Waals surface area contributed by atoms with E-state index in [1.54, 1.807) is 18.2 Å². The van der Waals surface area contributed by atoms with Crippen molar-refractivity contribution in [3.05, 3.63) is 95.6 Å². The van der Waals surface area contributed by atoms with Crippen LogP contribution in [-0.2, 0) is 33.9 Å². The Labute approximate surface area is 209 Å². The largest absolute Gasteiger partial charge is 0.485 e. The highest BCUT2D eigenvalue weighted by atomic mass is 16.6. The average molecular weight is 493 g/mol. The fourth-order valence-corrected chi connectivity index (χ4v) is 3.24. The Bertz CT molecular complexity index is 1150. The van der Waals surface area contributed by atoms with Crippen molar-refractivity contribution in [3.63, 3.8) is 0 Å². The first-order valence-electron chi connectivity index (χ1n) is 11.2. The zero-order valence-electron chi connectivity index (χ0n) is 20.1. The van der Waals surface area contributed by atoms with Gasteiger partial charge in [-0.15, -0.1) is 0 Å². The summed E-state index contributed by atoms with van der Waals surface area (Å²) < 4.78 is 21.3. The normalized spacial score (nSPS) is 11.1. The maximum absolute atomic E-state index is 12.3. The number of rotatable bonds is 10. The number of methoxy groups -OCH3 is 1. The second-order valence-corrected chi connectivity index (χ2v) is 7.68. The first kappa shape index (κ1) is 26.1. The van der Waals surface area contributed by atoms with E-state index >= 15 is 0 Å². The van der Waals surface area contributed by atoms with Crippen LogP contribution in [0.4, 0.5) is 9.59 Å². The molecule has 188 valence electrons. The number of alkyl carbamates (subject to hydrolysis) is 1. The van der Waals surface area contributed by atoms with Crippen LogP contribution in [-0.4, -0.2) is 38.4 Å². The molecule has 0 saturated heterocycles. The van der Waals surface area contributed by atoms with E-state index in [9.17, 15) is 14.4 Å². The Morgan fingerprint density at radius 1 is 0.778 bits per heavy atom. The summed E-state index contributed by atoms with van der Waals surface area (Å²) in [5, 5.41) is 4.92. The molecule has 3 rings (SSSR count). The Morgan fingerprint density at radius 2 is 1.42 bits per heavy atom. The van der Waals surface area contributed by atoms with Gasteiger partial charge in [-0.1, -0.05) is 66.7 Å². The van der Waals surface area contributed by atoms with Gasteiger partial charge >= 0.3 is 18.2 Å². The molecule has 0 radical (unpaired) electrons. The Hall–Kier alpha value is -4.53. The molecule has 3 aromatic carbocycles. The van der Waals surface area contributed by atoms with Crippen LogP contribution >= 0.6 is 0 Å². The third-order valence-corrected chi connectivity index (χ3v) is 5.08. The summed E-state index contributed by atoms with van der Waals surface area (Å²) in [5.41, 5.74) is 2.35. The molecule has 36 heavy (non-hydrogen) atoms. The summed E-state index contributed by atoms with van der Waals surface area (Å²) in [4.78, 5) is 36.6. The third-order valence-electron chi connectivity index (χ3n) is 5.08. The number of hydrogen-bond donors (Lipinski definition) is 2. The second kappa shape index (κ2) is 13.4. The summed E-state index contributed by atoms with van der Waals surface area (Å²) in [6.07, 6.45) is -1.38. The lowest BCUT2D eigenvalue weighted by Crippen LogP contribution is -2.43. The first-order valence-corrected chi connectivity index (χ1v) is 11.2. The summed E-state index contributed by atoms with van der Waals surface area (Å²) in [6.45, 7) is 0.321. The van der Waals surface area contributed by atoms with Crippen LogP contribution in [0, 0.1) is 0 Å². The Balaban J connectivity index is 1.71. The molecule has 0 aromatic heterocycles. The van der Waals surface area contributed by atoms with Gasteiger partial charge in [0.15, 0.2) is 11.5 Å². The van der Waals surface area contributed by atoms with Gasteiger partial charge in [0.25, 0.3) is 0 Å². The summed E-state index contributed by atoms with van der Waals surface area (Å²) in [5.74, 6) is -0.140. The average Bonchev–Trinajstić information content (AvgIpc) is 2.91. The highest BCUT2D eigenvalue weighted by Crippen LogP contribution is 2.30. The number of amides is 2. The lowest BCUT2D eigenvalue weighted by Gasteiger charge is -2.18. The van der Waals surface area contributed by atoms with Crippen LogP contribution in [0.3, 0.4) is 0 Å². The van der Waals surface area contributed by atoms with Crippen molar-refractivity contribution >= 4 is 18.2 Å². The minimum atomic E-state index is -1.03. The molecule has 1 atom stereocenters. The van der Waals surface area contributed by atoms with E-state index < -0.39 is 24.2 Å². The van der Waals surface area contributed by atoms with Crippen molar-refractivity contribution in [2.45, 2.75) is 25.7 Å². The standard InChI is InChI=1S/C27H28N2O7/c1-28-26(31)36-24-16-21(13-14-23(24)34-17-19-9-5-3-6-10-19)15-22(25(30)33-2)29-27(32)35-18-20-11-7-4-8-12-20/h3-14,16,22H,15,17-18H2,1-2H3,(H,28,31)(H,29,32). The molecule has 0 aliphatic rings. The highest BCUT2D eigenvalue weighted by molar-refractivity contribution is 5.81. The van der Waals surface area contributed by atoms with Gasteiger partial charge < -0.3 is 29.6 Å². The van der Waals surface area contributed by atoms with E-state index in [0.29, 0.717) is 11.3 Å². The second-order valence-electron chi connectivity index (χ2n) is 7.68. The number of carbonyl (C=O) groups excluding carboxylic acids is 3. The zero-order valence-corrected chi connectivity index (χ0v) is 20.1. The minimum absolute atomic E-state index is 0.0537. The highest BCUT2D eigenvalue weighted by Gasteiger charge is 2.24. The molecule has 0 heterocycles. The number of benzene rings is 3. The predicted octanol–water partition coefficient (Wildman–Crippen LogP) is 3.99. The zero-order chi connectivity index (χ0) is 25.8. The van der Waals surface area contributed by atoms with Gasteiger partial charge in [0.1, 0.15) is 19.3 Å². The van der Waals surface area contributed by atoms with Gasteiger partial charge in [0, 0.05) is 13.5 Å². The van der Waals surface area contributed by atoms with E-state index in [4.69, 9.17) is 18.9 Å². The van der Waals surface area contributed by atoms with Crippen LogP contribution < -0.4 is 20.1 Å². The quantitative estimate of drug-likeness (QED) is 0.412. The van der Waals surface area contributed by atoms with Gasteiger partial charge in [0.2, 0.25) is 0 Å². The number of esters is 1. The molecule has 0 aliphatic heterocycles. The van der Waals surface area contributed by atoms with E-state index in [1.807, 2.05) is 60.7 Å². The van der Waals surface area contributed by atoms with Crippen LogP contribution in [0.15, 0.2) is 78.9 Å². The molecule has 3 aromatic rings. The molecule has 0 bridgehead atoms. The molecule has 9 heteroatoms. The topological polar surface area (TPSA) is 112 Å². The van der Waals surface area contributed by atoms with Crippen molar-refractivity contribution in [3.8, 4) is 11.5 Å². The van der Waals surface area contributed by atoms with Crippen molar-refractivity contribution < 1.29 is 33.3 Å². The maximum Gasteiger partial charge on any atom is 0.412 e. The van der Waals surface area contributed by atoms with E-state index in [2.05, 4.69) is 10.6 Å². The lowest BCUT2D eigenvalue weighted by molar-refractivity contribution is -0.143. The van der Waals surface area contributed by atoms with Crippen molar-refractivity contribution in [2.75, 3.05) is 14.2 Å². The molecule has 0 aliphatic carbocycles. The van der Waals surface area contributed by atoms with Gasteiger partial charge in [-0.2, -0.15) is 0 Å². The van der Waals surface area contributed by atoms with Crippen molar-refractivity contribution in [1.29, 1.82) is 0 Å². The van der Waals surface area contributed by atoms with Gasteiger partial charge in [-0.3, -0.25) is 0 Å². The van der Waals surface area contributed by atoms with Gasteiger partial charge in [-0.05, 0) is 28.8 Å². The lowest BCUT2D eigenvalue weighted by atomic mass is 10.1. The van der Waals surface area contributed by atoms with Gasteiger partial charge in [-0.25, -0.2) is 14.4 Å². The number of ether oxygens (including phenoxy) is 4. The Kier molecular flexibility index (Phi) is 9.69. The third kappa shape index (κ3) is 8.05. The Morgan fingerprint density at radius 3 is 2.03 bits per heavy atom. The monoisotopic (exact) mass is 492 g/mol. The van der Waals surface area contributed by atoms with Crippen LogP contribution in [0.5, 0.6) is 11.5 Å². The van der Waals surface area contributed by atoms with E-state index in [-0.39, 0.29) is 25.4 Å². The maximum atomic E-state index is 12.3. The smallest absolute Gasteiger partial charge is 0.412 e. The van der Waals surface area contributed by atoms with Crippen LogP contribution in [0.2, 0.25) is 0 Å². The summed E-state index contributed by atoms with van der Waals surface area (Å²) in [7, 11) is 2.67. The number of carbonyl (C=O) groups is 3. The molecular formula is C27H28N2O7. The molecule has 0 spiro atoms. The molecule has 1 unspecified atom stereocenters. The molecule has 2 N–H and O–H groups in total. The van der Waals surface area contributed by atoms with Gasteiger partial charge in [0.05, 0.1) is 7.11 Å². The fraction of sp³-hybridized carbons (Fsp3) is 0.222. The summed E-state index contributed by atoms with van der Waals surface area (Å²) in [6, 6.07) is 22.6. The minimum Gasteiger partial charge on any atom is -0.485 e. The first-order chi connectivity index (χ1) is 17.5. The van der Waals surface area contributed by atoms with E-state index in [0.717, 1.165) is 11.1 Å².